The fraction of sp³-hybridized carbons (Fsp3) is 0. The molecule has 3 rings (SSSR count). The van der Waals surface area contributed by atoms with Crippen molar-refractivity contribution in [1.29, 1.82) is 0 Å². The van der Waals surface area contributed by atoms with E-state index in [4.69, 9.17) is 5.53 Å². The molecule has 0 aromatic heterocycles. The molecular weight excluding hydrogens is 272 g/mol. The monoisotopic (exact) mass is 286 g/mol. The first-order valence-electron chi connectivity index (χ1n) is 6.94. The predicted molar refractivity (Wildman–Crippen MR) is 89.9 cm³/mol. The lowest BCUT2D eigenvalue weighted by molar-refractivity contribution is 1.28. The molecule has 0 saturated carbocycles. The van der Waals surface area contributed by atoms with Gasteiger partial charge in [-0.15, -0.1) is 0 Å². The molecule has 0 aliphatic rings. The van der Waals surface area contributed by atoms with Crippen LogP contribution in [0.15, 0.2) is 90.0 Å². The van der Waals surface area contributed by atoms with Gasteiger partial charge >= 0.3 is 0 Å². The van der Waals surface area contributed by atoms with E-state index in [1.165, 1.54) is 0 Å². The molecule has 3 aromatic rings. The predicted octanol–water partition coefficient (Wildman–Crippen LogP) is 6.10. The van der Waals surface area contributed by atoms with E-state index in [0.717, 1.165) is 17.1 Å². The zero-order valence-corrected chi connectivity index (χ0v) is 11.9. The first-order valence-corrected chi connectivity index (χ1v) is 6.94. The fourth-order valence-corrected chi connectivity index (χ4v) is 2.32. The summed E-state index contributed by atoms with van der Waals surface area (Å²) in [7, 11) is 0. The number of azide groups is 1. The minimum Gasteiger partial charge on any atom is -0.311 e. The highest BCUT2D eigenvalue weighted by atomic mass is 15.1. The van der Waals surface area contributed by atoms with Gasteiger partial charge in [-0.3, -0.25) is 0 Å². The molecule has 0 radical (unpaired) electrons. The highest BCUT2D eigenvalue weighted by molar-refractivity contribution is 5.76. The molecule has 0 saturated heterocycles. The molecule has 0 N–H and O–H groups in total. The lowest BCUT2D eigenvalue weighted by Gasteiger charge is -2.25. The van der Waals surface area contributed by atoms with Crippen LogP contribution in [0.3, 0.4) is 0 Å². The lowest BCUT2D eigenvalue weighted by atomic mass is 10.2. The molecule has 0 aliphatic heterocycles. The Bertz CT molecular complexity index is 737. The van der Waals surface area contributed by atoms with Crippen molar-refractivity contribution < 1.29 is 0 Å². The molecule has 3 aromatic carbocycles. The standard InChI is InChI=1S/C18H14N4/c19-21-20-15-11-13-18(14-12-15)22(16-7-3-1-4-8-16)17-9-5-2-6-10-17/h1-14H. The minimum atomic E-state index is 0.604. The van der Waals surface area contributed by atoms with Crippen LogP contribution in [0, 0.1) is 0 Å². The molecular formula is C18H14N4. The summed E-state index contributed by atoms with van der Waals surface area (Å²) in [4.78, 5) is 4.96. The summed E-state index contributed by atoms with van der Waals surface area (Å²) >= 11 is 0. The second-order valence-corrected chi connectivity index (χ2v) is 4.71. The van der Waals surface area contributed by atoms with Gasteiger partial charge in [0.05, 0.1) is 0 Å². The summed E-state index contributed by atoms with van der Waals surface area (Å²) in [5, 5.41) is 3.61. The number of hydrogen-bond donors (Lipinski definition) is 0. The van der Waals surface area contributed by atoms with E-state index in [-0.39, 0.29) is 0 Å². The molecule has 22 heavy (non-hydrogen) atoms. The van der Waals surface area contributed by atoms with Gasteiger partial charge in [-0.1, -0.05) is 53.6 Å². The molecule has 0 unspecified atom stereocenters. The largest absolute Gasteiger partial charge is 0.311 e. The average molecular weight is 286 g/mol. The molecule has 0 atom stereocenters. The maximum atomic E-state index is 8.50. The lowest BCUT2D eigenvalue weighted by Crippen LogP contribution is -2.09. The highest BCUT2D eigenvalue weighted by Gasteiger charge is 2.11. The smallest absolute Gasteiger partial charge is 0.0461 e. The number of anilines is 3. The molecule has 0 heterocycles. The first kappa shape index (κ1) is 13.7. The number of rotatable bonds is 4. The number of nitrogens with zero attached hydrogens (tertiary/aromatic N) is 4. The van der Waals surface area contributed by atoms with Gasteiger partial charge in [-0.2, -0.15) is 0 Å². The van der Waals surface area contributed by atoms with E-state index in [9.17, 15) is 0 Å². The van der Waals surface area contributed by atoms with Crippen LogP contribution in [-0.4, -0.2) is 0 Å². The van der Waals surface area contributed by atoms with Gasteiger partial charge in [-0.05, 0) is 41.9 Å². The van der Waals surface area contributed by atoms with E-state index in [1.807, 2.05) is 60.7 Å². The Morgan fingerprint density at radius 3 is 1.55 bits per heavy atom. The van der Waals surface area contributed by atoms with Crippen LogP contribution in [0.5, 0.6) is 0 Å². The molecule has 106 valence electrons. The number of hydrogen-bond acceptors (Lipinski definition) is 2. The summed E-state index contributed by atoms with van der Waals surface area (Å²) in [6.07, 6.45) is 0. The molecule has 0 fully saturated rings. The van der Waals surface area contributed by atoms with E-state index in [0.29, 0.717) is 5.69 Å². The molecule has 0 aliphatic carbocycles. The first-order chi connectivity index (χ1) is 10.9. The van der Waals surface area contributed by atoms with Crippen molar-refractivity contribution in [3.63, 3.8) is 0 Å². The van der Waals surface area contributed by atoms with Crippen LogP contribution < -0.4 is 4.90 Å². The minimum absolute atomic E-state index is 0.604. The maximum absolute atomic E-state index is 8.50. The maximum Gasteiger partial charge on any atom is 0.0461 e. The van der Waals surface area contributed by atoms with Crippen molar-refractivity contribution >= 4 is 22.7 Å². The van der Waals surface area contributed by atoms with Crippen molar-refractivity contribution in [3.05, 3.63) is 95.4 Å². The van der Waals surface area contributed by atoms with Crippen molar-refractivity contribution in [2.45, 2.75) is 0 Å². The van der Waals surface area contributed by atoms with Gasteiger partial charge in [0.15, 0.2) is 0 Å². The number of para-hydroxylation sites is 2. The van der Waals surface area contributed by atoms with E-state index in [2.05, 4.69) is 39.2 Å². The topological polar surface area (TPSA) is 52.0 Å². The number of benzene rings is 3. The van der Waals surface area contributed by atoms with Crippen LogP contribution >= 0.6 is 0 Å². The van der Waals surface area contributed by atoms with Crippen LogP contribution in [0.1, 0.15) is 0 Å². The Balaban J connectivity index is 2.07. The Morgan fingerprint density at radius 2 is 1.09 bits per heavy atom. The van der Waals surface area contributed by atoms with Gasteiger partial charge in [0.25, 0.3) is 0 Å². The van der Waals surface area contributed by atoms with E-state index >= 15 is 0 Å². The Kier molecular flexibility index (Phi) is 4.05. The van der Waals surface area contributed by atoms with E-state index in [1.54, 1.807) is 0 Å². The Hall–Kier alpha value is -3.23. The van der Waals surface area contributed by atoms with Gasteiger partial charge in [0.1, 0.15) is 0 Å². The van der Waals surface area contributed by atoms with Crippen LogP contribution in [-0.2, 0) is 0 Å². The van der Waals surface area contributed by atoms with Crippen molar-refractivity contribution in [1.82, 2.24) is 0 Å². The van der Waals surface area contributed by atoms with Crippen molar-refractivity contribution in [2.24, 2.45) is 5.11 Å². The van der Waals surface area contributed by atoms with Crippen molar-refractivity contribution in [2.75, 3.05) is 4.90 Å². The van der Waals surface area contributed by atoms with Crippen LogP contribution in [0.2, 0.25) is 0 Å². The summed E-state index contributed by atoms with van der Waals surface area (Å²) in [5.41, 5.74) is 12.3. The summed E-state index contributed by atoms with van der Waals surface area (Å²) < 4.78 is 0. The summed E-state index contributed by atoms with van der Waals surface area (Å²) in [6, 6.07) is 27.8. The second kappa shape index (κ2) is 6.48. The Morgan fingerprint density at radius 1 is 0.636 bits per heavy atom. The van der Waals surface area contributed by atoms with Gasteiger partial charge in [-0.25, -0.2) is 0 Å². The fourth-order valence-electron chi connectivity index (χ4n) is 2.32. The third kappa shape index (κ3) is 2.92. The van der Waals surface area contributed by atoms with Crippen LogP contribution in [0.4, 0.5) is 22.7 Å². The second-order valence-electron chi connectivity index (χ2n) is 4.71. The van der Waals surface area contributed by atoms with Gasteiger partial charge in [0.2, 0.25) is 0 Å². The summed E-state index contributed by atoms with van der Waals surface area (Å²) in [6.45, 7) is 0. The third-order valence-corrected chi connectivity index (χ3v) is 3.30. The van der Waals surface area contributed by atoms with Gasteiger partial charge < -0.3 is 4.90 Å². The summed E-state index contributed by atoms with van der Waals surface area (Å²) in [5.74, 6) is 0. The Labute approximate surface area is 128 Å². The van der Waals surface area contributed by atoms with Gasteiger partial charge in [0, 0.05) is 27.7 Å². The molecule has 4 heteroatoms. The quantitative estimate of drug-likeness (QED) is 0.325. The average Bonchev–Trinajstić information content (AvgIpc) is 2.59. The zero-order chi connectivity index (χ0) is 15.2. The van der Waals surface area contributed by atoms with E-state index < -0.39 is 0 Å². The third-order valence-electron chi connectivity index (χ3n) is 3.30. The normalized spacial score (nSPS) is 9.82. The SMILES string of the molecule is [N-]=[N+]=Nc1ccc(N(c2ccccc2)c2ccccc2)cc1. The molecule has 0 bridgehead atoms. The van der Waals surface area contributed by atoms with Crippen LogP contribution in [0.25, 0.3) is 10.4 Å². The highest BCUT2D eigenvalue weighted by Crippen LogP contribution is 2.34. The van der Waals surface area contributed by atoms with Crippen molar-refractivity contribution in [3.8, 4) is 0 Å². The zero-order valence-electron chi connectivity index (χ0n) is 11.9. The molecule has 0 amide bonds. The molecule has 4 nitrogen and oxygen atoms in total. The molecule has 0 spiro atoms.